The summed E-state index contributed by atoms with van der Waals surface area (Å²) in [5, 5.41) is 0. The molecule has 1 fully saturated rings. The zero-order valence-electron chi connectivity index (χ0n) is 16.8. The van der Waals surface area contributed by atoms with Crippen LogP contribution in [-0.2, 0) is 25.9 Å². The number of sulfonamides is 1. The summed E-state index contributed by atoms with van der Waals surface area (Å²) in [4.78, 5) is 24.6. The van der Waals surface area contributed by atoms with Gasteiger partial charge in [0.2, 0.25) is 10.0 Å². The van der Waals surface area contributed by atoms with Gasteiger partial charge in [0.15, 0.2) is 12.4 Å². The number of carbonyl (C=O) groups is 2. The number of hydrogen-bond donors (Lipinski definition) is 1. The van der Waals surface area contributed by atoms with Crippen molar-refractivity contribution in [3.63, 3.8) is 0 Å². The molecule has 2 aromatic rings. The monoisotopic (exact) mass is 445 g/mol. The number of Topliss-reactive ketones (excluding diaryl/α,β-unsaturated/α-hetero) is 1. The fraction of sp³-hybridized carbons (Fsp3) is 0.364. The molecule has 0 aromatic heterocycles. The Balaban J connectivity index is 1.32. The van der Waals surface area contributed by atoms with Gasteiger partial charge in [-0.25, -0.2) is 17.9 Å². The van der Waals surface area contributed by atoms with Crippen LogP contribution in [0.5, 0.6) is 5.75 Å². The quantitative estimate of drug-likeness (QED) is 0.490. The van der Waals surface area contributed by atoms with Crippen LogP contribution in [0.15, 0.2) is 47.4 Å². The molecule has 9 heteroatoms. The van der Waals surface area contributed by atoms with Crippen LogP contribution in [0.3, 0.4) is 0 Å². The number of rotatable bonds is 8. The van der Waals surface area contributed by atoms with Crippen LogP contribution in [0.25, 0.3) is 0 Å². The second-order valence-electron chi connectivity index (χ2n) is 7.43. The molecular formula is C22H23NO7S. The van der Waals surface area contributed by atoms with E-state index in [2.05, 4.69) is 4.72 Å². The van der Waals surface area contributed by atoms with Gasteiger partial charge in [-0.3, -0.25) is 4.79 Å². The normalized spacial score (nSPS) is 17.7. The van der Waals surface area contributed by atoms with Crippen LogP contribution in [0, 0.1) is 0 Å². The maximum absolute atomic E-state index is 12.4. The Labute approximate surface area is 180 Å². The van der Waals surface area contributed by atoms with E-state index in [9.17, 15) is 18.0 Å². The van der Waals surface area contributed by atoms with Gasteiger partial charge >= 0.3 is 5.97 Å². The van der Waals surface area contributed by atoms with Crippen LogP contribution in [-0.4, -0.2) is 52.6 Å². The molecule has 2 aliphatic heterocycles. The number of benzene rings is 2. The fourth-order valence-electron chi connectivity index (χ4n) is 3.52. The van der Waals surface area contributed by atoms with Crippen LogP contribution in [0.2, 0.25) is 0 Å². The van der Waals surface area contributed by atoms with Gasteiger partial charge in [-0.2, -0.15) is 0 Å². The predicted molar refractivity (Wildman–Crippen MR) is 111 cm³/mol. The summed E-state index contributed by atoms with van der Waals surface area (Å²) < 4.78 is 43.2. The summed E-state index contributed by atoms with van der Waals surface area (Å²) in [5.74, 6) is -0.247. The van der Waals surface area contributed by atoms with E-state index in [-0.39, 0.29) is 28.9 Å². The lowest BCUT2D eigenvalue weighted by atomic mass is 10.1. The molecule has 0 spiro atoms. The Hall–Kier alpha value is -2.75. The van der Waals surface area contributed by atoms with Crippen molar-refractivity contribution in [2.75, 3.05) is 26.4 Å². The lowest BCUT2D eigenvalue weighted by molar-refractivity contribution is 0.0474. The first-order valence-corrected chi connectivity index (χ1v) is 11.6. The lowest BCUT2D eigenvalue weighted by Gasteiger charge is -2.11. The van der Waals surface area contributed by atoms with Crippen LogP contribution in [0.4, 0.5) is 0 Å². The molecule has 0 amide bonds. The molecule has 0 saturated carbocycles. The van der Waals surface area contributed by atoms with Gasteiger partial charge in [0.25, 0.3) is 0 Å². The minimum atomic E-state index is -3.70. The highest BCUT2D eigenvalue weighted by molar-refractivity contribution is 7.89. The molecule has 0 aliphatic carbocycles. The van der Waals surface area contributed by atoms with Gasteiger partial charge in [0.05, 0.1) is 23.2 Å². The van der Waals surface area contributed by atoms with Gasteiger partial charge in [0.1, 0.15) is 5.75 Å². The SMILES string of the molecule is O=C(COC(=O)c1ccc(S(=O)(=O)NCC2CCCO2)cc1)c1ccc2c(c1)CCO2. The van der Waals surface area contributed by atoms with Gasteiger partial charge in [0, 0.05) is 25.1 Å². The minimum Gasteiger partial charge on any atom is -0.493 e. The second-order valence-corrected chi connectivity index (χ2v) is 9.20. The average Bonchev–Trinajstić information content (AvgIpc) is 3.47. The molecule has 1 N–H and O–H groups in total. The van der Waals surface area contributed by atoms with Crippen LogP contribution < -0.4 is 9.46 Å². The van der Waals surface area contributed by atoms with E-state index >= 15 is 0 Å². The molecule has 2 aromatic carbocycles. The van der Waals surface area contributed by atoms with E-state index in [1.54, 1.807) is 18.2 Å². The Morgan fingerprint density at radius 1 is 1.06 bits per heavy atom. The van der Waals surface area contributed by atoms with Crippen molar-refractivity contribution in [1.82, 2.24) is 4.72 Å². The summed E-state index contributed by atoms with van der Waals surface area (Å²) in [7, 11) is -3.70. The van der Waals surface area contributed by atoms with E-state index in [1.165, 1.54) is 24.3 Å². The molecule has 1 unspecified atom stereocenters. The summed E-state index contributed by atoms with van der Waals surface area (Å²) in [6.45, 7) is 1.05. The lowest BCUT2D eigenvalue weighted by Crippen LogP contribution is -2.31. The Morgan fingerprint density at radius 3 is 2.58 bits per heavy atom. The first-order valence-electron chi connectivity index (χ1n) is 10.1. The molecule has 2 heterocycles. The second kappa shape index (κ2) is 9.17. The van der Waals surface area contributed by atoms with Gasteiger partial charge < -0.3 is 14.2 Å². The number of ether oxygens (including phenoxy) is 3. The van der Waals surface area contributed by atoms with Crippen molar-refractivity contribution < 1.29 is 32.2 Å². The third kappa shape index (κ3) is 5.12. The minimum absolute atomic E-state index is 0.0403. The molecule has 4 rings (SSSR count). The number of ketones is 1. The number of esters is 1. The summed E-state index contributed by atoms with van der Waals surface area (Å²) in [6.07, 6.45) is 2.38. The predicted octanol–water partition coefficient (Wildman–Crippen LogP) is 2.12. The number of nitrogens with one attached hydrogen (secondary N) is 1. The average molecular weight is 445 g/mol. The number of carbonyl (C=O) groups excluding carboxylic acids is 2. The van der Waals surface area contributed by atoms with E-state index in [4.69, 9.17) is 14.2 Å². The Kier molecular flexibility index (Phi) is 6.35. The molecule has 164 valence electrons. The smallest absolute Gasteiger partial charge is 0.338 e. The standard InChI is InChI=1S/C22H23NO7S/c24-20(16-5-8-21-17(12-16)9-11-29-21)14-30-22(25)15-3-6-19(7-4-15)31(26,27)23-13-18-2-1-10-28-18/h3-8,12,18,23H,1-2,9-11,13-14H2. The molecule has 1 atom stereocenters. The van der Waals surface area contributed by atoms with Crippen LogP contribution >= 0.6 is 0 Å². The third-order valence-corrected chi connectivity index (χ3v) is 6.71. The van der Waals surface area contributed by atoms with E-state index < -0.39 is 22.6 Å². The van der Waals surface area contributed by atoms with Crippen molar-refractivity contribution in [2.24, 2.45) is 0 Å². The zero-order valence-corrected chi connectivity index (χ0v) is 17.7. The van der Waals surface area contributed by atoms with Gasteiger partial charge in [-0.15, -0.1) is 0 Å². The molecule has 8 nitrogen and oxygen atoms in total. The topological polar surface area (TPSA) is 108 Å². The van der Waals surface area contributed by atoms with Crippen molar-refractivity contribution in [1.29, 1.82) is 0 Å². The van der Waals surface area contributed by atoms with Crippen molar-refractivity contribution in [3.8, 4) is 5.75 Å². The maximum Gasteiger partial charge on any atom is 0.338 e. The largest absolute Gasteiger partial charge is 0.493 e. The van der Waals surface area contributed by atoms with E-state index in [1.807, 2.05) is 0 Å². The molecule has 0 radical (unpaired) electrons. The molecule has 1 saturated heterocycles. The number of hydrogen-bond acceptors (Lipinski definition) is 7. The summed E-state index contributed by atoms with van der Waals surface area (Å²) in [6, 6.07) is 10.5. The zero-order chi connectivity index (χ0) is 21.8. The van der Waals surface area contributed by atoms with Gasteiger partial charge in [-0.05, 0) is 60.9 Å². The van der Waals surface area contributed by atoms with Gasteiger partial charge in [-0.1, -0.05) is 0 Å². The molecule has 2 aliphatic rings. The highest BCUT2D eigenvalue weighted by atomic mass is 32.2. The van der Waals surface area contributed by atoms with E-state index in [0.29, 0.717) is 18.8 Å². The summed E-state index contributed by atoms with van der Waals surface area (Å²) in [5.41, 5.74) is 1.58. The van der Waals surface area contributed by atoms with Crippen molar-refractivity contribution >= 4 is 21.8 Å². The first kappa shape index (κ1) is 21.5. The van der Waals surface area contributed by atoms with Crippen molar-refractivity contribution in [3.05, 3.63) is 59.2 Å². The van der Waals surface area contributed by atoms with E-state index in [0.717, 1.165) is 30.6 Å². The summed E-state index contributed by atoms with van der Waals surface area (Å²) >= 11 is 0. The molecular weight excluding hydrogens is 422 g/mol. The Morgan fingerprint density at radius 2 is 1.84 bits per heavy atom. The van der Waals surface area contributed by atoms with Crippen LogP contribution in [0.1, 0.15) is 39.1 Å². The fourth-order valence-corrected chi connectivity index (χ4v) is 4.59. The first-order chi connectivity index (χ1) is 14.9. The molecule has 0 bridgehead atoms. The number of fused-ring (bicyclic) bond motifs is 1. The molecule has 31 heavy (non-hydrogen) atoms. The maximum atomic E-state index is 12.4. The third-order valence-electron chi connectivity index (χ3n) is 5.27. The highest BCUT2D eigenvalue weighted by Gasteiger charge is 2.21. The Bertz CT molecular complexity index is 1070. The van der Waals surface area contributed by atoms with Crippen molar-refractivity contribution in [2.45, 2.75) is 30.3 Å². The highest BCUT2D eigenvalue weighted by Crippen LogP contribution is 2.26.